The van der Waals surface area contributed by atoms with E-state index < -0.39 is 12.1 Å². The zero-order chi connectivity index (χ0) is 13.6. The van der Waals surface area contributed by atoms with Crippen molar-refractivity contribution in [3.8, 4) is 0 Å². The quantitative estimate of drug-likeness (QED) is 0.732. The van der Waals surface area contributed by atoms with Crippen molar-refractivity contribution < 1.29 is 13.2 Å². The molecule has 1 unspecified atom stereocenters. The molecule has 0 bridgehead atoms. The molecule has 0 radical (unpaired) electrons. The van der Waals surface area contributed by atoms with Crippen LogP contribution in [0.25, 0.3) is 0 Å². The molecular weight excluding hydrogens is 259 g/mol. The molecule has 1 aliphatic rings. The van der Waals surface area contributed by atoms with Crippen LogP contribution in [-0.2, 0) is 0 Å². The SMILES string of the molecule is CCSCCC(C)NC1CCC(C(F)(F)F)CC1. The normalized spacial score (nSPS) is 27.2. The van der Waals surface area contributed by atoms with Crippen LogP contribution >= 0.6 is 11.8 Å². The lowest BCUT2D eigenvalue weighted by Crippen LogP contribution is -2.41. The van der Waals surface area contributed by atoms with E-state index in [4.69, 9.17) is 0 Å². The van der Waals surface area contributed by atoms with Crippen molar-refractivity contribution in [1.82, 2.24) is 5.32 Å². The van der Waals surface area contributed by atoms with Gasteiger partial charge in [-0.05, 0) is 50.5 Å². The average Bonchev–Trinajstić information content (AvgIpc) is 2.29. The highest BCUT2D eigenvalue weighted by Crippen LogP contribution is 2.37. The first-order valence-corrected chi connectivity index (χ1v) is 7.99. The molecule has 0 heterocycles. The van der Waals surface area contributed by atoms with E-state index in [9.17, 15) is 13.2 Å². The summed E-state index contributed by atoms with van der Waals surface area (Å²) in [5, 5.41) is 3.47. The van der Waals surface area contributed by atoms with E-state index in [2.05, 4.69) is 19.2 Å². The number of rotatable bonds is 6. The van der Waals surface area contributed by atoms with Crippen molar-refractivity contribution in [3.05, 3.63) is 0 Å². The van der Waals surface area contributed by atoms with E-state index in [1.165, 1.54) is 0 Å². The summed E-state index contributed by atoms with van der Waals surface area (Å²) in [6, 6.07) is 0.696. The molecular formula is C13H24F3NS. The molecule has 1 aliphatic carbocycles. The second-order valence-corrected chi connectivity index (χ2v) is 6.54. The third kappa shape index (κ3) is 5.83. The molecule has 5 heteroatoms. The van der Waals surface area contributed by atoms with Gasteiger partial charge in [-0.1, -0.05) is 6.92 Å². The largest absolute Gasteiger partial charge is 0.391 e. The smallest absolute Gasteiger partial charge is 0.311 e. The van der Waals surface area contributed by atoms with E-state index in [1.54, 1.807) is 0 Å². The summed E-state index contributed by atoms with van der Waals surface area (Å²) < 4.78 is 37.5. The highest BCUT2D eigenvalue weighted by molar-refractivity contribution is 7.99. The minimum Gasteiger partial charge on any atom is -0.311 e. The maximum absolute atomic E-state index is 12.5. The number of thioether (sulfide) groups is 1. The fraction of sp³-hybridized carbons (Fsp3) is 1.00. The molecule has 0 aromatic rings. The van der Waals surface area contributed by atoms with Crippen LogP contribution in [-0.4, -0.2) is 29.8 Å². The van der Waals surface area contributed by atoms with Crippen LogP contribution in [0.4, 0.5) is 13.2 Å². The average molecular weight is 283 g/mol. The molecule has 1 fully saturated rings. The van der Waals surface area contributed by atoms with Crippen LogP contribution in [0.3, 0.4) is 0 Å². The van der Waals surface area contributed by atoms with Crippen LogP contribution < -0.4 is 5.32 Å². The summed E-state index contributed by atoms with van der Waals surface area (Å²) in [7, 11) is 0. The lowest BCUT2D eigenvalue weighted by Gasteiger charge is -2.32. The highest BCUT2D eigenvalue weighted by atomic mass is 32.2. The van der Waals surface area contributed by atoms with Crippen LogP contribution in [0.5, 0.6) is 0 Å². The fourth-order valence-corrected chi connectivity index (χ4v) is 3.29. The number of nitrogens with one attached hydrogen (secondary N) is 1. The first-order chi connectivity index (χ1) is 8.43. The molecule has 0 amide bonds. The summed E-state index contributed by atoms with van der Waals surface area (Å²) in [4.78, 5) is 0. The Hall–Kier alpha value is 0.100. The number of hydrogen-bond acceptors (Lipinski definition) is 2. The van der Waals surface area contributed by atoms with Crippen LogP contribution in [0.1, 0.15) is 46.0 Å². The Morgan fingerprint density at radius 2 is 1.83 bits per heavy atom. The summed E-state index contributed by atoms with van der Waals surface area (Å²) in [6.07, 6.45) is -0.994. The standard InChI is InChI=1S/C13H24F3NS/c1-3-18-9-8-10(2)17-12-6-4-11(5-7-12)13(14,15)16/h10-12,17H,3-9H2,1-2H3. The molecule has 1 nitrogen and oxygen atoms in total. The predicted octanol–water partition coefficient (Wildman–Crippen LogP) is 4.23. The third-order valence-electron chi connectivity index (χ3n) is 3.61. The third-order valence-corrected chi connectivity index (χ3v) is 4.54. The lowest BCUT2D eigenvalue weighted by molar-refractivity contribution is -0.182. The molecule has 0 saturated heterocycles. The first-order valence-electron chi connectivity index (χ1n) is 6.84. The number of hydrogen-bond donors (Lipinski definition) is 1. The number of halogens is 3. The second kappa shape index (κ2) is 7.63. The second-order valence-electron chi connectivity index (χ2n) is 5.14. The lowest BCUT2D eigenvalue weighted by atomic mass is 9.85. The van der Waals surface area contributed by atoms with E-state index in [0.717, 1.165) is 17.9 Å². The molecule has 0 aliphatic heterocycles. The Morgan fingerprint density at radius 1 is 1.22 bits per heavy atom. The molecule has 1 rings (SSSR count). The molecule has 1 N–H and O–H groups in total. The summed E-state index contributed by atoms with van der Waals surface area (Å²) in [6.45, 7) is 4.27. The van der Waals surface area contributed by atoms with Gasteiger partial charge in [-0.15, -0.1) is 0 Å². The molecule has 1 saturated carbocycles. The Morgan fingerprint density at radius 3 is 2.33 bits per heavy atom. The molecule has 0 aromatic heterocycles. The molecule has 108 valence electrons. The maximum atomic E-state index is 12.5. The zero-order valence-corrected chi connectivity index (χ0v) is 12.0. The van der Waals surface area contributed by atoms with Gasteiger partial charge in [0, 0.05) is 12.1 Å². The Bertz CT molecular complexity index is 225. The minimum atomic E-state index is -3.99. The topological polar surface area (TPSA) is 12.0 Å². The van der Waals surface area contributed by atoms with Gasteiger partial charge >= 0.3 is 6.18 Å². The van der Waals surface area contributed by atoms with Crippen molar-refractivity contribution in [3.63, 3.8) is 0 Å². The fourth-order valence-electron chi connectivity index (χ4n) is 2.48. The van der Waals surface area contributed by atoms with Crippen LogP contribution in [0.15, 0.2) is 0 Å². The minimum absolute atomic E-state index is 0.283. The summed E-state index contributed by atoms with van der Waals surface area (Å²) >= 11 is 1.91. The van der Waals surface area contributed by atoms with E-state index in [-0.39, 0.29) is 18.9 Å². The Labute approximate surface area is 112 Å². The van der Waals surface area contributed by atoms with Crippen LogP contribution in [0.2, 0.25) is 0 Å². The first kappa shape index (κ1) is 16.2. The van der Waals surface area contributed by atoms with Crippen molar-refractivity contribution in [2.45, 2.75) is 64.2 Å². The Kier molecular flexibility index (Phi) is 6.85. The highest BCUT2D eigenvalue weighted by Gasteiger charge is 2.41. The van der Waals surface area contributed by atoms with Crippen molar-refractivity contribution >= 4 is 11.8 Å². The number of alkyl halides is 3. The molecule has 0 spiro atoms. The van der Waals surface area contributed by atoms with Gasteiger partial charge in [0.1, 0.15) is 0 Å². The van der Waals surface area contributed by atoms with Gasteiger partial charge in [0.25, 0.3) is 0 Å². The molecule has 0 aromatic carbocycles. The van der Waals surface area contributed by atoms with E-state index >= 15 is 0 Å². The van der Waals surface area contributed by atoms with Gasteiger partial charge in [0.15, 0.2) is 0 Å². The molecule has 18 heavy (non-hydrogen) atoms. The van der Waals surface area contributed by atoms with E-state index in [1.807, 2.05) is 11.8 Å². The predicted molar refractivity (Wildman–Crippen MR) is 72.0 cm³/mol. The van der Waals surface area contributed by atoms with Gasteiger partial charge in [-0.25, -0.2) is 0 Å². The van der Waals surface area contributed by atoms with Crippen molar-refractivity contribution in [1.29, 1.82) is 0 Å². The maximum Gasteiger partial charge on any atom is 0.391 e. The van der Waals surface area contributed by atoms with Crippen LogP contribution in [0, 0.1) is 5.92 Å². The zero-order valence-electron chi connectivity index (χ0n) is 11.2. The van der Waals surface area contributed by atoms with Gasteiger partial charge in [-0.2, -0.15) is 24.9 Å². The van der Waals surface area contributed by atoms with Gasteiger partial charge in [-0.3, -0.25) is 0 Å². The van der Waals surface area contributed by atoms with Gasteiger partial charge in [0.05, 0.1) is 5.92 Å². The molecule has 1 atom stereocenters. The summed E-state index contributed by atoms with van der Waals surface area (Å²) in [5.41, 5.74) is 0. The van der Waals surface area contributed by atoms with Gasteiger partial charge in [0.2, 0.25) is 0 Å². The van der Waals surface area contributed by atoms with Crippen molar-refractivity contribution in [2.75, 3.05) is 11.5 Å². The van der Waals surface area contributed by atoms with Gasteiger partial charge < -0.3 is 5.32 Å². The summed E-state index contributed by atoms with van der Waals surface area (Å²) in [5.74, 6) is 1.19. The monoisotopic (exact) mass is 283 g/mol. The Balaban J connectivity index is 2.19. The van der Waals surface area contributed by atoms with E-state index in [0.29, 0.717) is 18.9 Å². The van der Waals surface area contributed by atoms with Crippen molar-refractivity contribution in [2.24, 2.45) is 5.92 Å².